The largest absolute Gasteiger partial charge is 0.383 e. The number of carbonyl (C=O) groups excluding carboxylic acids is 2. The molecular weight excluding hydrogens is 376 g/mol. The first-order valence-corrected chi connectivity index (χ1v) is 9.37. The molecule has 3 N–H and O–H groups in total. The number of rotatable bonds is 9. The van der Waals surface area contributed by atoms with Gasteiger partial charge in [0.05, 0.1) is 31.0 Å². The van der Waals surface area contributed by atoms with Gasteiger partial charge in [-0.3, -0.25) is 9.59 Å². The zero-order chi connectivity index (χ0) is 20.8. The fourth-order valence-corrected chi connectivity index (χ4v) is 3.46. The highest BCUT2D eigenvalue weighted by Crippen LogP contribution is 2.23. The van der Waals surface area contributed by atoms with E-state index in [0.29, 0.717) is 55.3 Å². The van der Waals surface area contributed by atoms with Crippen LogP contribution in [-0.2, 0) is 14.3 Å². The molecule has 0 radical (unpaired) electrons. The number of fused-ring (bicyclic) bond motifs is 1. The molecule has 0 aliphatic carbocycles. The normalized spacial score (nSPS) is 18.8. The molecule has 1 saturated heterocycles. The lowest BCUT2D eigenvalue weighted by molar-refractivity contribution is -0.127. The maximum Gasteiger partial charge on any atom is 0.255 e. The molecule has 2 aromatic heterocycles. The number of nitrogens with zero attached hydrogens (tertiary/aromatic N) is 3. The average Bonchev–Trinajstić information content (AvgIpc) is 3.31. The summed E-state index contributed by atoms with van der Waals surface area (Å²) >= 11 is 0. The summed E-state index contributed by atoms with van der Waals surface area (Å²) in [5.41, 5.74) is 1.43. The number of hydrogen-bond acceptors (Lipinski definition) is 7. The van der Waals surface area contributed by atoms with Crippen LogP contribution < -0.4 is 10.6 Å². The lowest BCUT2D eigenvalue weighted by atomic mass is 10.2. The van der Waals surface area contributed by atoms with E-state index in [1.54, 1.807) is 31.5 Å². The number of anilines is 1. The third-order valence-electron chi connectivity index (χ3n) is 4.80. The Morgan fingerprint density at radius 3 is 2.97 bits per heavy atom. The number of hydrogen-bond donors (Lipinski definition) is 3. The number of H-pyrrole nitrogens is 1. The van der Waals surface area contributed by atoms with Gasteiger partial charge < -0.3 is 30.0 Å². The van der Waals surface area contributed by atoms with Gasteiger partial charge in [0.2, 0.25) is 5.91 Å². The van der Waals surface area contributed by atoms with E-state index in [0.717, 1.165) is 0 Å². The highest BCUT2D eigenvalue weighted by atomic mass is 16.5. The SMILES string of the molecule is C=CC(=O)N1C[C@H](Nc2cnc3[nH]cc(C(=O)NCCOC)c3n2)C[C@@H]1COC. The van der Waals surface area contributed by atoms with Crippen molar-refractivity contribution in [3.63, 3.8) is 0 Å². The van der Waals surface area contributed by atoms with E-state index in [2.05, 4.69) is 32.2 Å². The van der Waals surface area contributed by atoms with Gasteiger partial charge in [-0.1, -0.05) is 6.58 Å². The minimum absolute atomic E-state index is 0.0104. The lowest BCUT2D eigenvalue weighted by Crippen LogP contribution is -2.37. The van der Waals surface area contributed by atoms with Crippen LogP contribution in [0.5, 0.6) is 0 Å². The Balaban J connectivity index is 1.73. The molecule has 0 unspecified atom stereocenters. The second kappa shape index (κ2) is 9.48. The quantitative estimate of drug-likeness (QED) is 0.414. The first-order chi connectivity index (χ1) is 14.1. The number of ether oxygens (including phenoxy) is 2. The zero-order valence-corrected chi connectivity index (χ0v) is 16.6. The van der Waals surface area contributed by atoms with E-state index in [9.17, 15) is 9.59 Å². The molecule has 0 aromatic carbocycles. The van der Waals surface area contributed by atoms with Crippen molar-refractivity contribution in [2.24, 2.45) is 0 Å². The fraction of sp³-hybridized carbons (Fsp3) is 0.474. The molecule has 2 aromatic rings. The Bertz CT molecular complexity index is 883. The van der Waals surface area contributed by atoms with E-state index in [1.165, 1.54) is 6.08 Å². The van der Waals surface area contributed by atoms with E-state index >= 15 is 0 Å². The Morgan fingerprint density at radius 2 is 2.24 bits per heavy atom. The molecule has 1 fully saturated rings. The summed E-state index contributed by atoms with van der Waals surface area (Å²) in [6, 6.07) is -0.0437. The van der Waals surface area contributed by atoms with Crippen LogP contribution in [0.2, 0.25) is 0 Å². The van der Waals surface area contributed by atoms with Crippen molar-refractivity contribution >= 4 is 28.8 Å². The Morgan fingerprint density at radius 1 is 1.41 bits per heavy atom. The standard InChI is InChI=1S/C19H26N6O4/c1-4-16(26)25-10-12(7-13(25)11-29-3)23-15-9-22-18-17(24-15)14(8-21-18)19(27)20-5-6-28-2/h4,8-9,12-13H,1,5-7,10-11H2,2-3H3,(H,20,27)(H,21,22)(H,23,24)/t12-,13-/m1/s1. The van der Waals surface area contributed by atoms with E-state index in [1.807, 2.05) is 0 Å². The second-order valence-corrected chi connectivity index (χ2v) is 6.78. The molecule has 3 heterocycles. The van der Waals surface area contributed by atoms with Gasteiger partial charge in [-0.2, -0.15) is 0 Å². The molecule has 10 nitrogen and oxygen atoms in total. The molecule has 2 amide bonds. The monoisotopic (exact) mass is 402 g/mol. The number of carbonyl (C=O) groups is 2. The number of methoxy groups -OCH3 is 2. The van der Waals surface area contributed by atoms with Crippen molar-refractivity contribution in [1.29, 1.82) is 0 Å². The molecule has 1 aliphatic heterocycles. The highest BCUT2D eigenvalue weighted by molar-refractivity contribution is 6.04. The summed E-state index contributed by atoms with van der Waals surface area (Å²) in [6.45, 7) is 5.36. The van der Waals surface area contributed by atoms with Crippen molar-refractivity contribution in [2.45, 2.75) is 18.5 Å². The second-order valence-electron chi connectivity index (χ2n) is 6.78. The Hall–Kier alpha value is -2.98. The molecule has 0 bridgehead atoms. The van der Waals surface area contributed by atoms with Gasteiger partial charge in [0.25, 0.3) is 5.91 Å². The van der Waals surface area contributed by atoms with E-state index < -0.39 is 0 Å². The summed E-state index contributed by atoms with van der Waals surface area (Å²) < 4.78 is 10.2. The number of aromatic amines is 1. The van der Waals surface area contributed by atoms with E-state index in [4.69, 9.17) is 9.47 Å². The van der Waals surface area contributed by atoms with E-state index in [-0.39, 0.29) is 23.9 Å². The molecule has 0 saturated carbocycles. The zero-order valence-electron chi connectivity index (χ0n) is 16.6. The molecular formula is C19H26N6O4. The van der Waals surface area contributed by atoms with Gasteiger partial charge in [-0.25, -0.2) is 9.97 Å². The third-order valence-corrected chi connectivity index (χ3v) is 4.80. The molecule has 0 spiro atoms. The maximum absolute atomic E-state index is 12.4. The van der Waals surface area contributed by atoms with Crippen LogP contribution in [0.1, 0.15) is 16.8 Å². The predicted octanol–water partition coefficient (Wildman–Crippen LogP) is 0.548. The van der Waals surface area contributed by atoms with Gasteiger partial charge in [0.15, 0.2) is 5.65 Å². The number of amides is 2. The number of likely N-dealkylation sites (tertiary alicyclic amines) is 1. The number of aromatic nitrogens is 3. The van der Waals surface area contributed by atoms with Crippen molar-refractivity contribution in [1.82, 2.24) is 25.2 Å². The highest BCUT2D eigenvalue weighted by Gasteiger charge is 2.34. The van der Waals surface area contributed by atoms with Gasteiger partial charge in [-0.05, 0) is 12.5 Å². The summed E-state index contributed by atoms with van der Waals surface area (Å²) in [6.07, 6.45) is 5.22. The fourth-order valence-electron chi connectivity index (χ4n) is 3.46. The van der Waals surface area contributed by atoms with Crippen LogP contribution in [-0.4, -0.2) is 84.3 Å². The Labute approximate surface area is 168 Å². The van der Waals surface area contributed by atoms with Gasteiger partial charge >= 0.3 is 0 Å². The Kier molecular flexibility index (Phi) is 6.78. The van der Waals surface area contributed by atoms with Crippen LogP contribution in [0.3, 0.4) is 0 Å². The number of nitrogens with one attached hydrogen (secondary N) is 3. The molecule has 29 heavy (non-hydrogen) atoms. The molecule has 10 heteroatoms. The molecule has 2 atom stereocenters. The van der Waals surface area contributed by atoms with Crippen LogP contribution in [0, 0.1) is 0 Å². The van der Waals surface area contributed by atoms with Crippen LogP contribution in [0.4, 0.5) is 5.82 Å². The van der Waals surface area contributed by atoms with Crippen LogP contribution >= 0.6 is 0 Å². The first-order valence-electron chi connectivity index (χ1n) is 9.37. The summed E-state index contributed by atoms with van der Waals surface area (Å²) in [7, 11) is 3.19. The van der Waals surface area contributed by atoms with Crippen molar-refractivity contribution in [2.75, 3.05) is 45.8 Å². The predicted molar refractivity (Wildman–Crippen MR) is 108 cm³/mol. The van der Waals surface area contributed by atoms with Crippen LogP contribution in [0.25, 0.3) is 11.2 Å². The van der Waals surface area contributed by atoms with Gasteiger partial charge in [0, 0.05) is 39.5 Å². The van der Waals surface area contributed by atoms with Gasteiger partial charge in [0.1, 0.15) is 11.3 Å². The van der Waals surface area contributed by atoms with Crippen molar-refractivity contribution in [3.8, 4) is 0 Å². The van der Waals surface area contributed by atoms with Crippen molar-refractivity contribution in [3.05, 3.63) is 30.6 Å². The molecule has 1 aliphatic rings. The first kappa shape index (κ1) is 20.7. The maximum atomic E-state index is 12.4. The molecule has 156 valence electrons. The summed E-state index contributed by atoms with van der Waals surface area (Å²) in [5.74, 6) is 0.166. The van der Waals surface area contributed by atoms with Gasteiger partial charge in [-0.15, -0.1) is 0 Å². The average molecular weight is 402 g/mol. The van der Waals surface area contributed by atoms with Crippen molar-refractivity contribution < 1.29 is 19.1 Å². The summed E-state index contributed by atoms with van der Waals surface area (Å²) in [5, 5.41) is 6.09. The minimum Gasteiger partial charge on any atom is -0.383 e. The van der Waals surface area contributed by atoms with Crippen LogP contribution in [0.15, 0.2) is 25.0 Å². The third kappa shape index (κ3) is 4.72. The summed E-state index contributed by atoms with van der Waals surface area (Å²) in [4.78, 5) is 38.1. The topological polar surface area (TPSA) is 121 Å². The lowest BCUT2D eigenvalue weighted by Gasteiger charge is -2.22. The smallest absolute Gasteiger partial charge is 0.255 e. The molecule has 3 rings (SSSR count). The minimum atomic E-state index is -0.247.